The van der Waals surface area contributed by atoms with E-state index in [1.807, 2.05) is 37.3 Å². The quantitative estimate of drug-likeness (QED) is 0.726. The summed E-state index contributed by atoms with van der Waals surface area (Å²) < 4.78 is 38.1. The highest BCUT2D eigenvalue weighted by molar-refractivity contribution is 5.91. The minimum Gasteiger partial charge on any atom is -0.335 e. The SMILES string of the molecule is CC(c1ccccc1)N(C)C(=O)/C=C/c1cccc(C(F)(F)F)c1. The zero-order chi connectivity index (χ0) is 17.7. The summed E-state index contributed by atoms with van der Waals surface area (Å²) in [5.74, 6) is -0.274. The summed E-state index contributed by atoms with van der Waals surface area (Å²) >= 11 is 0. The van der Waals surface area contributed by atoms with Crippen LogP contribution in [0.1, 0.15) is 29.7 Å². The molecule has 5 heteroatoms. The van der Waals surface area contributed by atoms with Gasteiger partial charge in [-0.25, -0.2) is 0 Å². The molecule has 0 fully saturated rings. The van der Waals surface area contributed by atoms with Gasteiger partial charge in [0, 0.05) is 13.1 Å². The first-order chi connectivity index (χ1) is 11.3. The number of nitrogens with zero attached hydrogens (tertiary/aromatic N) is 1. The Hall–Kier alpha value is -2.56. The molecule has 24 heavy (non-hydrogen) atoms. The normalized spacial score (nSPS) is 13.0. The predicted molar refractivity (Wildman–Crippen MR) is 88.1 cm³/mol. The maximum Gasteiger partial charge on any atom is 0.416 e. The summed E-state index contributed by atoms with van der Waals surface area (Å²) in [5, 5.41) is 0. The van der Waals surface area contributed by atoms with Crippen molar-refractivity contribution in [2.75, 3.05) is 7.05 Å². The van der Waals surface area contributed by atoms with E-state index < -0.39 is 11.7 Å². The molecule has 0 aliphatic rings. The number of carbonyl (C=O) groups is 1. The van der Waals surface area contributed by atoms with Gasteiger partial charge < -0.3 is 4.90 Å². The lowest BCUT2D eigenvalue weighted by Gasteiger charge is -2.24. The second-order valence-corrected chi connectivity index (χ2v) is 5.49. The molecule has 1 unspecified atom stereocenters. The minimum absolute atomic E-state index is 0.134. The summed E-state index contributed by atoms with van der Waals surface area (Å²) in [6, 6.07) is 14.3. The topological polar surface area (TPSA) is 20.3 Å². The molecule has 0 saturated carbocycles. The summed E-state index contributed by atoms with van der Waals surface area (Å²) in [5.41, 5.74) is 0.586. The zero-order valence-electron chi connectivity index (χ0n) is 13.4. The summed E-state index contributed by atoms with van der Waals surface area (Å²) in [6.45, 7) is 1.89. The van der Waals surface area contributed by atoms with Gasteiger partial charge in [-0.1, -0.05) is 42.5 Å². The maximum absolute atomic E-state index is 12.7. The lowest BCUT2D eigenvalue weighted by atomic mass is 10.1. The smallest absolute Gasteiger partial charge is 0.335 e. The van der Waals surface area contributed by atoms with Crippen molar-refractivity contribution >= 4 is 12.0 Å². The van der Waals surface area contributed by atoms with E-state index in [9.17, 15) is 18.0 Å². The molecule has 2 aromatic rings. The monoisotopic (exact) mass is 333 g/mol. The molecule has 0 spiro atoms. The molecule has 2 rings (SSSR count). The van der Waals surface area contributed by atoms with Crippen molar-refractivity contribution in [2.45, 2.75) is 19.1 Å². The molecule has 0 aliphatic heterocycles. The fraction of sp³-hybridized carbons (Fsp3) is 0.211. The fourth-order valence-electron chi connectivity index (χ4n) is 2.25. The average Bonchev–Trinajstić information content (AvgIpc) is 2.58. The first kappa shape index (κ1) is 17.8. The van der Waals surface area contributed by atoms with Crippen molar-refractivity contribution in [2.24, 2.45) is 0 Å². The van der Waals surface area contributed by atoms with Crippen LogP contribution in [0.4, 0.5) is 13.2 Å². The van der Waals surface area contributed by atoms with Gasteiger partial charge >= 0.3 is 6.18 Å². The highest BCUT2D eigenvalue weighted by Crippen LogP contribution is 2.29. The van der Waals surface area contributed by atoms with Crippen LogP contribution in [0.3, 0.4) is 0 Å². The molecule has 0 N–H and O–H groups in total. The number of hydrogen-bond acceptors (Lipinski definition) is 1. The highest BCUT2D eigenvalue weighted by Gasteiger charge is 2.30. The lowest BCUT2D eigenvalue weighted by Crippen LogP contribution is -2.27. The van der Waals surface area contributed by atoms with Gasteiger partial charge in [0.1, 0.15) is 0 Å². The molecule has 0 saturated heterocycles. The molecule has 0 aliphatic carbocycles. The predicted octanol–water partition coefficient (Wildman–Crippen LogP) is 4.94. The Labute approximate surface area is 139 Å². The standard InChI is InChI=1S/C19H18F3NO/c1-14(16-8-4-3-5-9-16)23(2)18(24)12-11-15-7-6-10-17(13-15)19(20,21)22/h3-14H,1-2H3/b12-11+. The zero-order valence-corrected chi connectivity index (χ0v) is 13.4. The van der Waals surface area contributed by atoms with Crippen LogP contribution >= 0.6 is 0 Å². The van der Waals surface area contributed by atoms with E-state index in [1.165, 1.54) is 24.3 Å². The number of halogens is 3. The third kappa shape index (κ3) is 4.47. The van der Waals surface area contributed by atoms with Gasteiger partial charge in [-0.3, -0.25) is 4.79 Å². The van der Waals surface area contributed by atoms with Crippen molar-refractivity contribution in [3.05, 3.63) is 77.4 Å². The number of alkyl halides is 3. The van der Waals surface area contributed by atoms with Crippen LogP contribution in [0.5, 0.6) is 0 Å². The van der Waals surface area contributed by atoms with Crippen LogP contribution < -0.4 is 0 Å². The third-order valence-corrected chi connectivity index (χ3v) is 3.84. The molecule has 2 nitrogen and oxygen atoms in total. The molecule has 1 amide bonds. The van der Waals surface area contributed by atoms with Crippen LogP contribution in [0, 0.1) is 0 Å². The molecule has 0 aromatic heterocycles. The summed E-state index contributed by atoms with van der Waals surface area (Å²) in [7, 11) is 1.66. The molecule has 126 valence electrons. The summed E-state index contributed by atoms with van der Waals surface area (Å²) in [6.07, 6.45) is -1.72. The van der Waals surface area contributed by atoms with Gasteiger partial charge in [-0.2, -0.15) is 13.2 Å². The number of rotatable bonds is 4. The van der Waals surface area contributed by atoms with E-state index >= 15 is 0 Å². The first-order valence-corrected chi connectivity index (χ1v) is 7.46. The molecule has 2 aromatic carbocycles. The van der Waals surface area contributed by atoms with E-state index in [1.54, 1.807) is 11.9 Å². The van der Waals surface area contributed by atoms with Crippen LogP contribution in [-0.2, 0) is 11.0 Å². The number of likely N-dealkylation sites (N-methyl/N-ethyl adjacent to an activating group) is 1. The number of carbonyl (C=O) groups excluding carboxylic acids is 1. The van der Waals surface area contributed by atoms with Crippen molar-refractivity contribution in [1.29, 1.82) is 0 Å². The second kappa shape index (κ2) is 7.34. The van der Waals surface area contributed by atoms with Gasteiger partial charge in [0.05, 0.1) is 11.6 Å². The molecular weight excluding hydrogens is 315 g/mol. The Morgan fingerprint density at radius 3 is 2.38 bits per heavy atom. The maximum atomic E-state index is 12.7. The average molecular weight is 333 g/mol. The molecule has 1 atom stereocenters. The lowest BCUT2D eigenvalue weighted by molar-refractivity contribution is -0.137. The van der Waals surface area contributed by atoms with Crippen molar-refractivity contribution in [1.82, 2.24) is 4.90 Å². The van der Waals surface area contributed by atoms with E-state index in [0.29, 0.717) is 5.56 Å². The van der Waals surface area contributed by atoms with Gasteiger partial charge in [0.15, 0.2) is 0 Å². The molecule has 0 bridgehead atoms. The van der Waals surface area contributed by atoms with Gasteiger partial charge in [-0.05, 0) is 36.3 Å². The van der Waals surface area contributed by atoms with Crippen molar-refractivity contribution in [3.8, 4) is 0 Å². The van der Waals surface area contributed by atoms with Crippen LogP contribution in [-0.4, -0.2) is 17.9 Å². The third-order valence-electron chi connectivity index (χ3n) is 3.84. The van der Waals surface area contributed by atoms with Gasteiger partial charge in [-0.15, -0.1) is 0 Å². The molecule has 0 heterocycles. The van der Waals surface area contributed by atoms with Crippen LogP contribution in [0.25, 0.3) is 6.08 Å². The number of hydrogen-bond donors (Lipinski definition) is 0. The number of benzene rings is 2. The Balaban J connectivity index is 2.10. The van der Waals surface area contributed by atoms with Gasteiger partial charge in [0.2, 0.25) is 5.91 Å². The van der Waals surface area contributed by atoms with Crippen molar-refractivity contribution < 1.29 is 18.0 Å². The number of amides is 1. The molecular formula is C19H18F3NO. The highest BCUT2D eigenvalue weighted by atomic mass is 19.4. The van der Waals surface area contributed by atoms with E-state index in [-0.39, 0.29) is 11.9 Å². The summed E-state index contributed by atoms with van der Waals surface area (Å²) in [4.78, 5) is 13.8. The Bertz CT molecular complexity index is 723. The van der Waals surface area contributed by atoms with E-state index in [2.05, 4.69) is 0 Å². The van der Waals surface area contributed by atoms with E-state index in [4.69, 9.17) is 0 Å². The van der Waals surface area contributed by atoms with Crippen LogP contribution in [0.2, 0.25) is 0 Å². The Morgan fingerprint density at radius 2 is 1.75 bits per heavy atom. The van der Waals surface area contributed by atoms with E-state index in [0.717, 1.165) is 17.7 Å². The first-order valence-electron chi connectivity index (χ1n) is 7.46. The van der Waals surface area contributed by atoms with Gasteiger partial charge in [0.25, 0.3) is 0 Å². The Kier molecular flexibility index (Phi) is 5.44. The minimum atomic E-state index is -4.40. The largest absolute Gasteiger partial charge is 0.416 e. The second-order valence-electron chi connectivity index (χ2n) is 5.49. The fourth-order valence-corrected chi connectivity index (χ4v) is 2.25. The molecule has 0 radical (unpaired) electrons. The van der Waals surface area contributed by atoms with Crippen LogP contribution in [0.15, 0.2) is 60.7 Å². The van der Waals surface area contributed by atoms with Crippen molar-refractivity contribution in [3.63, 3.8) is 0 Å². The Morgan fingerprint density at radius 1 is 1.08 bits per heavy atom.